The van der Waals surface area contributed by atoms with Crippen LogP contribution in [0.1, 0.15) is 31.4 Å². The molecule has 0 amide bonds. The van der Waals surface area contributed by atoms with E-state index in [4.69, 9.17) is 4.74 Å². The largest absolute Gasteiger partial charge is 0.379 e. The van der Waals surface area contributed by atoms with Crippen molar-refractivity contribution in [2.75, 3.05) is 39.4 Å². The summed E-state index contributed by atoms with van der Waals surface area (Å²) in [4.78, 5) is 2.40. The third kappa shape index (κ3) is 5.47. The molecule has 0 bridgehead atoms. The molecule has 0 aliphatic carbocycles. The summed E-state index contributed by atoms with van der Waals surface area (Å²) in [6, 6.07) is 14.8. The lowest BCUT2D eigenvalue weighted by atomic mass is 9.99. The van der Waals surface area contributed by atoms with Gasteiger partial charge in [-0.2, -0.15) is 4.31 Å². The van der Waals surface area contributed by atoms with Gasteiger partial charge >= 0.3 is 0 Å². The second-order valence-electron chi connectivity index (χ2n) is 8.50. The first kappa shape index (κ1) is 24.3. The molecule has 0 radical (unpaired) electrons. The Kier molecular flexibility index (Phi) is 7.52. The van der Waals surface area contributed by atoms with Gasteiger partial charge in [-0.25, -0.2) is 21.6 Å². The topological polar surface area (TPSA) is 96.0 Å². The Bertz CT molecular complexity index is 1130. The third-order valence-corrected chi connectivity index (χ3v) is 9.72. The Morgan fingerprint density at radius 1 is 0.818 bits per heavy atom. The molecule has 1 N–H and O–H groups in total. The molecule has 0 spiro atoms. The SMILES string of the molecule is C[C@@H](NS(=O)(=O)c1ccc(S(=O)(=O)N2CCCC2)cc1)[C@H](c1ccccc1)N1CCOCC1. The molecule has 180 valence electrons. The number of hydrogen-bond donors (Lipinski definition) is 1. The highest BCUT2D eigenvalue weighted by Crippen LogP contribution is 2.27. The number of benzene rings is 2. The minimum Gasteiger partial charge on any atom is -0.379 e. The van der Waals surface area contributed by atoms with Crippen molar-refractivity contribution < 1.29 is 21.6 Å². The lowest BCUT2D eigenvalue weighted by Crippen LogP contribution is -2.48. The molecule has 33 heavy (non-hydrogen) atoms. The summed E-state index contributed by atoms with van der Waals surface area (Å²) in [5, 5.41) is 0. The van der Waals surface area contributed by atoms with Gasteiger partial charge in [-0.05, 0) is 49.6 Å². The van der Waals surface area contributed by atoms with Crippen LogP contribution in [0.5, 0.6) is 0 Å². The van der Waals surface area contributed by atoms with Crippen LogP contribution in [-0.2, 0) is 24.8 Å². The lowest BCUT2D eigenvalue weighted by Gasteiger charge is -2.38. The van der Waals surface area contributed by atoms with Crippen LogP contribution in [0.4, 0.5) is 0 Å². The van der Waals surface area contributed by atoms with E-state index in [1.807, 2.05) is 37.3 Å². The van der Waals surface area contributed by atoms with Crippen molar-refractivity contribution >= 4 is 20.0 Å². The van der Waals surface area contributed by atoms with Crippen molar-refractivity contribution in [2.45, 2.75) is 41.6 Å². The molecule has 0 saturated carbocycles. The molecule has 2 aliphatic rings. The van der Waals surface area contributed by atoms with Crippen molar-refractivity contribution in [3.63, 3.8) is 0 Å². The van der Waals surface area contributed by atoms with Crippen LogP contribution in [0.3, 0.4) is 0 Å². The molecule has 2 aliphatic heterocycles. The second-order valence-corrected chi connectivity index (χ2v) is 12.1. The molecule has 2 saturated heterocycles. The number of morpholine rings is 1. The normalized spacial score (nSPS) is 20.5. The standard InChI is InChI=1S/C23H31N3O5S2/c1-19(23(20-7-3-2-4-8-20)25-15-17-31-18-16-25)24-32(27,28)21-9-11-22(12-10-21)33(29,30)26-13-5-6-14-26/h2-4,7-12,19,23-24H,5-6,13-18H2,1H3/t19-,23-/m1/s1. The molecule has 8 nitrogen and oxygen atoms in total. The highest BCUT2D eigenvalue weighted by atomic mass is 32.2. The van der Waals surface area contributed by atoms with E-state index < -0.39 is 26.1 Å². The summed E-state index contributed by atoms with van der Waals surface area (Å²) in [5.74, 6) is 0. The van der Waals surface area contributed by atoms with Gasteiger partial charge in [-0.1, -0.05) is 30.3 Å². The number of rotatable bonds is 8. The minimum atomic E-state index is -3.85. The van der Waals surface area contributed by atoms with Gasteiger partial charge in [0.2, 0.25) is 20.0 Å². The van der Waals surface area contributed by atoms with Crippen LogP contribution in [0.15, 0.2) is 64.4 Å². The molecule has 2 fully saturated rings. The Balaban J connectivity index is 1.54. The molecule has 2 atom stereocenters. The quantitative estimate of drug-likeness (QED) is 0.606. The van der Waals surface area contributed by atoms with Gasteiger partial charge in [0.05, 0.1) is 29.0 Å². The summed E-state index contributed by atoms with van der Waals surface area (Å²) >= 11 is 0. The highest BCUT2D eigenvalue weighted by Gasteiger charge is 2.31. The fourth-order valence-electron chi connectivity index (χ4n) is 4.57. The van der Waals surface area contributed by atoms with Gasteiger partial charge in [0.1, 0.15) is 0 Å². The fourth-order valence-corrected chi connectivity index (χ4v) is 7.33. The van der Waals surface area contributed by atoms with Gasteiger partial charge in [0.15, 0.2) is 0 Å². The Labute approximate surface area is 196 Å². The van der Waals surface area contributed by atoms with Crippen LogP contribution >= 0.6 is 0 Å². The van der Waals surface area contributed by atoms with E-state index in [-0.39, 0.29) is 15.8 Å². The predicted molar refractivity (Wildman–Crippen MR) is 126 cm³/mol. The Morgan fingerprint density at radius 3 is 2.00 bits per heavy atom. The maximum Gasteiger partial charge on any atom is 0.243 e. The van der Waals surface area contributed by atoms with E-state index in [1.165, 1.54) is 28.6 Å². The molecular formula is C23H31N3O5S2. The van der Waals surface area contributed by atoms with E-state index in [0.29, 0.717) is 39.4 Å². The van der Waals surface area contributed by atoms with Gasteiger partial charge in [0, 0.05) is 32.2 Å². The first-order valence-corrected chi connectivity index (χ1v) is 14.2. The smallest absolute Gasteiger partial charge is 0.243 e. The molecule has 0 aromatic heterocycles. The molecule has 0 unspecified atom stereocenters. The first-order valence-electron chi connectivity index (χ1n) is 11.3. The van der Waals surface area contributed by atoms with Crippen molar-refractivity contribution in [1.29, 1.82) is 0 Å². The van der Waals surface area contributed by atoms with E-state index >= 15 is 0 Å². The zero-order chi connectivity index (χ0) is 23.5. The summed E-state index contributed by atoms with van der Waals surface area (Å²) in [6.07, 6.45) is 1.69. The van der Waals surface area contributed by atoms with Crippen LogP contribution in [0.25, 0.3) is 0 Å². The van der Waals surface area contributed by atoms with Crippen LogP contribution < -0.4 is 4.72 Å². The number of nitrogens with zero attached hydrogens (tertiary/aromatic N) is 2. The van der Waals surface area contributed by atoms with Crippen LogP contribution in [0.2, 0.25) is 0 Å². The van der Waals surface area contributed by atoms with Crippen molar-refractivity contribution in [1.82, 2.24) is 13.9 Å². The maximum absolute atomic E-state index is 13.2. The maximum atomic E-state index is 13.2. The van der Waals surface area contributed by atoms with E-state index in [2.05, 4.69) is 9.62 Å². The van der Waals surface area contributed by atoms with Crippen LogP contribution in [-0.4, -0.2) is 71.5 Å². The Hall–Kier alpha value is -1.82. The first-order chi connectivity index (χ1) is 15.8. The molecular weight excluding hydrogens is 462 g/mol. The van der Waals surface area contributed by atoms with Crippen LogP contribution in [0, 0.1) is 0 Å². The zero-order valence-electron chi connectivity index (χ0n) is 18.8. The van der Waals surface area contributed by atoms with E-state index in [9.17, 15) is 16.8 Å². The van der Waals surface area contributed by atoms with Gasteiger partial charge in [-0.3, -0.25) is 4.90 Å². The van der Waals surface area contributed by atoms with Gasteiger partial charge in [-0.15, -0.1) is 0 Å². The zero-order valence-corrected chi connectivity index (χ0v) is 20.4. The van der Waals surface area contributed by atoms with Crippen molar-refractivity contribution in [2.24, 2.45) is 0 Å². The number of hydrogen-bond acceptors (Lipinski definition) is 6. The molecule has 2 aromatic carbocycles. The third-order valence-electron chi connectivity index (χ3n) is 6.23. The molecule has 4 rings (SSSR count). The van der Waals surface area contributed by atoms with Gasteiger partial charge in [0.25, 0.3) is 0 Å². The summed E-state index contributed by atoms with van der Waals surface area (Å²) in [6.45, 7) is 5.51. The van der Waals surface area contributed by atoms with E-state index in [0.717, 1.165) is 18.4 Å². The number of ether oxygens (including phenoxy) is 1. The van der Waals surface area contributed by atoms with Crippen molar-refractivity contribution in [3.8, 4) is 0 Å². The summed E-state index contributed by atoms with van der Waals surface area (Å²) in [7, 11) is -7.44. The average Bonchev–Trinajstić information content (AvgIpc) is 3.36. The molecule has 2 aromatic rings. The number of sulfonamides is 2. The number of nitrogens with one attached hydrogen (secondary N) is 1. The fraction of sp³-hybridized carbons (Fsp3) is 0.478. The molecule has 10 heteroatoms. The lowest BCUT2D eigenvalue weighted by molar-refractivity contribution is 0.0105. The van der Waals surface area contributed by atoms with E-state index in [1.54, 1.807) is 0 Å². The predicted octanol–water partition coefficient (Wildman–Crippen LogP) is 2.21. The average molecular weight is 494 g/mol. The minimum absolute atomic E-state index is 0.0449. The molecule has 2 heterocycles. The summed E-state index contributed by atoms with van der Waals surface area (Å²) < 4.78 is 61.5. The van der Waals surface area contributed by atoms with Gasteiger partial charge < -0.3 is 4.74 Å². The highest BCUT2D eigenvalue weighted by molar-refractivity contribution is 7.89. The second kappa shape index (κ2) is 10.2. The summed E-state index contributed by atoms with van der Waals surface area (Å²) in [5.41, 5.74) is 1.03. The Morgan fingerprint density at radius 2 is 1.39 bits per heavy atom. The monoisotopic (exact) mass is 493 g/mol. The van der Waals surface area contributed by atoms with Crippen molar-refractivity contribution in [3.05, 3.63) is 60.2 Å².